The first-order valence-electron chi connectivity index (χ1n) is 9.74. The zero-order valence-corrected chi connectivity index (χ0v) is 18.8. The van der Waals surface area contributed by atoms with Crippen molar-refractivity contribution in [3.05, 3.63) is 29.8 Å². The smallest absolute Gasteiger partial charge is 0.308 e. The van der Waals surface area contributed by atoms with Crippen LogP contribution in [-0.4, -0.2) is 67.3 Å². The van der Waals surface area contributed by atoms with Gasteiger partial charge in [0.2, 0.25) is 11.8 Å². The van der Waals surface area contributed by atoms with Gasteiger partial charge in [-0.3, -0.25) is 19.7 Å². The summed E-state index contributed by atoms with van der Waals surface area (Å²) in [5, 5.41) is 5.35. The summed E-state index contributed by atoms with van der Waals surface area (Å²) in [7, 11) is 3.07. The number of nitrogens with one attached hydrogen (secondary N) is 2. The molecule has 0 radical (unpaired) electrons. The van der Waals surface area contributed by atoms with Crippen LogP contribution in [0.4, 0.5) is 0 Å². The Labute approximate surface area is 186 Å². The number of esters is 1. The zero-order chi connectivity index (χ0) is 23.0. The van der Waals surface area contributed by atoms with Crippen molar-refractivity contribution in [3.63, 3.8) is 0 Å². The summed E-state index contributed by atoms with van der Waals surface area (Å²) in [5.41, 5.74) is 0.727. The molecule has 1 aromatic carbocycles. The van der Waals surface area contributed by atoms with Gasteiger partial charge in [0.1, 0.15) is 6.04 Å². The van der Waals surface area contributed by atoms with Crippen LogP contribution in [0.25, 0.3) is 6.08 Å². The SMILES string of the molecule is COc1ccc(C=CC(=O)NC(=S)N2CCNC(=O)C2CC(=O)OC(C)C)cc1OC. The molecule has 1 aliphatic rings. The summed E-state index contributed by atoms with van der Waals surface area (Å²) in [5.74, 6) is -0.199. The maximum Gasteiger partial charge on any atom is 0.308 e. The van der Waals surface area contributed by atoms with Crippen molar-refractivity contribution in [1.29, 1.82) is 0 Å². The number of amides is 2. The van der Waals surface area contributed by atoms with Crippen LogP contribution in [-0.2, 0) is 19.1 Å². The zero-order valence-electron chi connectivity index (χ0n) is 18.0. The second-order valence-corrected chi connectivity index (χ2v) is 7.37. The third-order valence-electron chi connectivity index (χ3n) is 4.38. The summed E-state index contributed by atoms with van der Waals surface area (Å²) in [4.78, 5) is 38.2. The highest BCUT2D eigenvalue weighted by atomic mass is 32.1. The van der Waals surface area contributed by atoms with Gasteiger partial charge in [-0.25, -0.2) is 0 Å². The van der Waals surface area contributed by atoms with E-state index in [9.17, 15) is 14.4 Å². The van der Waals surface area contributed by atoms with Crippen molar-refractivity contribution in [2.45, 2.75) is 32.4 Å². The Bertz CT molecular complexity index is 871. The number of piperazine rings is 1. The summed E-state index contributed by atoms with van der Waals surface area (Å²) >= 11 is 5.32. The number of nitrogens with zero attached hydrogens (tertiary/aromatic N) is 1. The third kappa shape index (κ3) is 6.95. The lowest BCUT2D eigenvalue weighted by Crippen LogP contribution is -2.60. The molecule has 2 rings (SSSR count). The fourth-order valence-electron chi connectivity index (χ4n) is 2.98. The Kier molecular flexibility index (Phi) is 8.80. The molecular formula is C21H27N3O6S. The van der Waals surface area contributed by atoms with Crippen LogP contribution in [0.3, 0.4) is 0 Å². The number of methoxy groups -OCH3 is 2. The van der Waals surface area contributed by atoms with E-state index in [0.29, 0.717) is 24.6 Å². The first-order valence-corrected chi connectivity index (χ1v) is 10.1. The minimum Gasteiger partial charge on any atom is -0.493 e. The van der Waals surface area contributed by atoms with Gasteiger partial charge in [0.25, 0.3) is 0 Å². The molecule has 0 aromatic heterocycles. The predicted octanol–water partition coefficient (Wildman–Crippen LogP) is 1.26. The highest BCUT2D eigenvalue weighted by molar-refractivity contribution is 7.80. The number of carbonyl (C=O) groups excluding carboxylic acids is 3. The lowest BCUT2D eigenvalue weighted by atomic mass is 10.1. The van der Waals surface area contributed by atoms with Crippen LogP contribution >= 0.6 is 12.2 Å². The van der Waals surface area contributed by atoms with Crippen LogP contribution in [0.15, 0.2) is 24.3 Å². The average molecular weight is 450 g/mol. The van der Waals surface area contributed by atoms with Gasteiger partial charge in [-0.2, -0.15) is 0 Å². The second kappa shape index (κ2) is 11.3. The number of thiocarbonyl (C=S) groups is 1. The van der Waals surface area contributed by atoms with Gasteiger partial charge in [-0.15, -0.1) is 0 Å². The third-order valence-corrected chi connectivity index (χ3v) is 4.72. The maximum absolute atomic E-state index is 12.3. The van der Waals surface area contributed by atoms with Gasteiger partial charge in [0.15, 0.2) is 16.6 Å². The summed E-state index contributed by atoms with van der Waals surface area (Å²) < 4.78 is 15.6. The molecule has 1 fully saturated rings. The second-order valence-electron chi connectivity index (χ2n) is 6.99. The topological polar surface area (TPSA) is 106 Å². The molecule has 0 spiro atoms. The standard InChI is InChI=1S/C21H27N3O6S/c1-13(2)30-19(26)12-15-20(27)22-9-10-24(15)21(31)23-18(25)8-6-14-5-7-16(28-3)17(11-14)29-4/h5-8,11,13,15H,9-10,12H2,1-4H3,(H,22,27)(H,23,25,31). The summed E-state index contributed by atoms with van der Waals surface area (Å²) in [6, 6.07) is 4.39. The van der Waals surface area contributed by atoms with Crippen molar-refractivity contribution >= 4 is 41.2 Å². The molecule has 9 nitrogen and oxygen atoms in total. The average Bonchev–Trinajstić information content (AvgIpc) is 2.72. The van der Waals surface area contributed by atoms with Gasteiger partial charge >= 0.3 is 5.97 Å². The van der Waals surface area contributed by atoms with Gasteiger partial charge in [0, 0.05) is 19.2 Å². The molecule has 1 saturated heterocycles. The first kappa shape index (κ1) is 24.1. The number of rotatable bonds is 7. The number of benzene rings is 1. The van der Waals surface area contributed by atoms with E-state index in [2.05, 4.69) is 10.6 Å². The number of hydrogen-bond acceptors (Lipinski definition) is 7. The van der Waals surface area contributed by atoms with Crippen molar-refractivity contribution in [1.82, 2.24) is 15.5 Å². The van der Waals surface area contributed by atoms with E-state index >= 15 is 0 Å². The normalized spacial score (nSPS) is 16.1. The van der Waals surface area contributed by atoms with Crippen molar-refractivity contribution < 1.29 is 28.6 Å². The van der Waals surface area contributed by atoms with Crippen molar-refractivity contribution in [2.24, 2.45) is 0 Å². The minimum absolute atomic E-state index is 0.0687. The van der Waals surface area contributed by atoms with Crippen molar-refractivity contribution in [2.75, 3.05) is 27.3 Å². The molecule has 0 bridgehead atoms. The van der Waals surface area contributed by atoms with E-state index in [1.54, 1.807) is 45.2 Å². The molecule has 1 atom stereocenters. The predicted molar refractivity (Wildman–Crippen MR) is 119 cm³/mol. The van der Waals surface area contributed by atoms with Crippen LogP contribution in [0, 0.1) is 0 Å². The number of ether oxygens (including phenoxy) is 3. The highest BCUT2D eigenvalue weighted by Gasteiger charge is 2.34. The van der Waals surface area contributed by atoms with Crippen molar-refractivity contribution in [3.8, 4) is 11.5 Å². The molecule has 1 aromatic rings. The summed E-state index contributed by atoms with van der Waals surface area (Å²) in [6.45, 7) is 4.17. The molecule has 168 valence electrons. The fraction of sp³-hybridized carbons (Fsp3) is 0.429. The Balaban J connectivity index is 2.02. The summed E-state index contributed by atoms with van der Waals surface area (Å²) in [6.07, 6.45) is 2.46. The molecule has 1 aliphatic heterocycles. The van der Waals surface area contributed by atoms with E-state index in [4.69, 9.17) is 26.4 Å². The lowest BCUT2D eigenvalue weighted by molar-refractivity contribution is -0.150. The Morgan fingerprint density at radius 3 is 2.65 bits per heavy atom. The molecule has 10 heteroatoms. The van der Waals surface area contributed by atoms with E-state index in [0.717, 1.165) is 5.56 Å². The number of carbonyl (C=O) groups is 3. The molecule has 0 saturated carbocycles. The van der Waals surface area contributed by atoms with E-state index in [1.807, 2.05) is 0 Å². The first-order chi connectivity index (χ1) is 14.7. The van der Waals surface area contributed by atoms with Crippen LogP contribution in [0.2, 0.25) is 0 Å². The van der Waals surface area contributed by atoms with Gasteiger partial charge in [0.05, 0.1) is 26.7 Å². The largest absolute Gasteiger partial charge is 0.493 e. The molecule has 1 heterocycles. The van der Waals surface area contributed by atoms with Crippen LogP contribution < -0.4 is 20.1 Å². The highest BCUT2D eigenvalue weighted by Crippen LogP contribution is 2.27. The molecule has 31 heavy (non-hydrogen) atoms. The fourth-order valence-corrected chi connectivity index (χ4v) is 3.30. The van der Waals surface area contributed by atoms with E-state index in [1.165, 1.54) is 18.1 Å². The Morgan fingerprint density at radius 1 is 1.29 bits per heavy atom. The maximum atomic E-state index is 12.3. The Morgan fingerprint density at radius 2 is 2.00 bits per heavy atom. The van der Waals surface area contributed by atoms with E-state index in [-0.39, 0.29) is 23.5 Å². The monoisotopic (exact) mass is 449 g/mol. The van der Waals surface area contributed by atoms with Gasteiger partial charge in [-0.05, 0) is 49.8 Å². The molecule has 0 aliphatic carbocycles. The lowest BCUT2D eigenvalue weighted by Gasteiger charge is -2.36. The molecule has 2 N–H and O–H groups in total. The van der Waals surface area contributed by atoms with E-state index < -0.39 is 17.9 Å². The quantitative estimate of drug-likeness (QED) is 0.364. The van der Waals surface area contributed by atoms with Gasteiger partial charge < -0.3 is 24.4 Å². The Hall–Kier alpha value is -3.14. The van der Waals surface area contributed by atoms with Crippen LogP contribution in [0.1, 0.15) is 25.8 Å². The number of hydrogen-bond donors (Lipinski definition) is 2. The van der Waals surface area contributed by atoms with Crippen LogP contribution in [0.5, 0.6) is 11.5 Å². The molecule has 2 amide bonds. The molecular weight excluding hydrogens is 422 g/mol. The minimum atomic E-state index is -0.845. The molecule has 1 unspecified atom stereocenters. The van der Waals surface area contributed by atoms with Gasteiger partial charge in [-0.1, -0.05) is 6.07 Å².